The monoisotopic (exact) mass is 768 g/mol. The number of nitrogens with zero attached hydrogens (tertiary/aromatic N) is 1. The number of ether oxygens (including phenoxy) is 2. The Morgan fingerprint density at radius 1 is 1.04 bits per heavy atom. The zero-order valence-corrected chi connectivity index (χ0v) is 30.7. The van der Waals surface area contributed by atoms with E-state index in [4.69, 9.17) is 32.4 Å². The Morgan fingerprint density at radius 2 is 1.73 bits per heavy atom. The molecule has 48 heavy (non-hydrogen) atoms. The van der Waals surface area contributed by atoms with Gasteiger partial charge in [0.15, 0.2) is 0 Å². The maximum atomic E-state index is 12.8. The van der Waals surface area contributed by atoms with E-state index in [2.05, 4.69) is 10.6 Å². The molecule has 1 aliphatic rings. The molecule has 18 heteroatoms. The summed E-state index contributed by atoms with van der Waals surface area (Å²) < 4.78 is 10.1. The van der Waals surface area contributed by atoms with Gasteiger partial charge in [-0.15, -0.1) is 11.8 Å². The van der Waals surface area contributed by atoms with Crippen LogP contribution in [0.5, 0.6) is 5.75 Å². The number of Topliss-reactive ketones (excluding diaryl/α,β-unsaturated/α-hetero) is 2. The summed E-state index contributed by atoms with van der Waals surface area (Å²) in [5, 5.41) is 4.19. The number of methoxy groups -OCH3 is 1. The van der Waals surface area contributed by atoms with E-state index in [1.165, 1.54) is 7.11 Å². The molecule has 0 spiro atoms. The van der Waals surface area contributed by atoms with Crippen LogP contribution in [0, 0.1) is 5.92 Å². The van der Waals surface area contributed by atoms with E-state index >= 15 is 0 Å². The van der Waals surface area contributed by atoms with Gasteiger partial charge in [-0.1, -0.05) is 12.1 Å². The van der Waals surface area contributed by atoms with Crippen molar-refractivity contribution < 1.29 is 75.7 Å². The number of imide groups is 1. The van der Waals surface area contributed by atoms with Crippen LogP contribution in [-0.4, -0.2) is 103 Å². The second-order valence-corrected chi connectivity index (χ2v) is 12.2. The number of rotatable bonds is 22. The minimum atomic E-state index is -1.01. The quantitative estimate of drug-likeness (QED) is 0.0456. The van der Waals surface area contributed by atoms with Crippen molar-refractivity contribution >= 4 is 53.1 Å². The molecule has 4 atom stereocenters. The predicted octanol–water partition coefficient (Wildman–Crippen LogP) is -1.30. The van der Waals surface area contributed by atoms with Crippen LogP contribution < -0.4 is 38.3 Å². The average Bonchev–Trinajstić information content (AvgIpc) is 3.30. The number of primary amides is 1. The van der Waals surface area contributed by atoms with E-state index in [0.717, 1.165) is 22.2 Å². The standard InChI is InChI=1S/C30H45N7O9S.Y/c1-45-12-2-3-20(38)9-11-37-26(40)15-25(29(37)43)47-16-19(27(34)41)14-24(39)22(32)8-10-35-30(44)46-21-6-4-18(5-7-21)13-23(33)28(42)36-17-31;/h4-7,19,22-23,25H,2-3,8-17,31-33H2,1H3,(H2,34,41)(H,35,44)(H,36,42);/t19-,22-,23-,25?;/m0./s1. The molecule has 1 heterocycles. The molecule has 5 amide bonds. The number of carbonyl (C=O) groups is 7. The van der Waals surface area contributed by atoms with Crippen LogP contribution in [-0.2, 0) is 72.6 Å². The fourth-order valence-electron chi connectivity index (χ4n) is 4.57. The molecule has 0 bridgehead atoms. The van der Waals surface area contributed by atoms with Gasteiger partial charge in [-0.25, -0.2) is 4.79 Å². The Labute approximate surface area is 308 Å². The van der Waals surface area contributed by atoms with Crippen molar-refractivity contribution in [2.45, 2.75) is 62.3 Å². The van der Waals surface area contributed by atoms with Crippen LogP contribution in [0.1, 0.15) is 44.1 Å². The van der Waals surface area contributed by atoms with Crippen LogP contribution in [0.15, 0.2) is 24.3 Å². The van der Waals surface area contributed by atoms with Gasteiger partial charge in [0.25, 0.3) is 0 Å². The van der Waals surface area contributed by atoms with Crippen LogP contribution >= 0.6 is 11.8 Å². The van der Waals surface area contributed by atoms with Gasteiger partial charge in [-0.3, -0.25) is 33.7 Å². The molecule has 1 unspecified atom stereocenters. The summed E-state index contributed by atoms with van der Waals surface area (Å²) in [6.45, 7) is 0.430. The number of hydrogen-bond donors (Lipinski definition) is 6. The van der Waals surface area contributed by atoms with Gasteiger partial charge >= 0.3 is 6.09 Å². The molecule has 10 N–H and O–H groups in total. The van der Waals surface area contributed by atoms with E-state index < -0.39 is 52.8 Å². The fraction of sp³-hybridized carbons (Fsp3) is 0.567. The number of carbonyl (C=O) groups excluding carboxylic acids is 7. The summed E-state index contributed by atoms with van der Waals surface area (Å²) in [4.78, 5) is 86.9. The Kier molecular flexibility index (Phi) is 20.5. The molecule has 1 aliphatic heterocycles. The van der Waals surface area contributed by atoms with Gasteiger partial charge in [0, 0.05) is 91.0 Å². The Hall–Kier alpha value is -2.80. The molecule has 0 saturated carbocycles. The maximum absolute atomic E-state index is 12.8. The van der Waals surface area contributed by atoms with Crippen molar-refractivity contribution in [3.63, 3.8) is 0 Å². The number of amides is 5. The summed E-state index contributed by atoms with van der Waals surface area (Å²) >= 11 is 1.06. The first kappa shape index (κ1) is 43.2. The topological polar surface area (TPSA) is 269 Å². The molecule has 1 aromatic rings. The van der Waals surface area contributed by atoms with Crippen molar-refractivity contribution in [2.75, 3.05) is 39.2 Å². The SMILES string of the molecule is COCCCC(=O)CCN1C(=O)CC(SC[C@H](CC(=O)[C@@H](N)CCNC(=O)Oc2ccc(C[C@H](N)C(=O)NCN)cc2)C(N)=O)C1=O.[Y]. The minimum absolute atomic E-state index is 0. The third-order valence-corrected chi connectivity index (χ3v) is 8.68. The van der Waals surface area contributed by atoms with Gasteiger partial charge < -0.3 is 43.0 Å². The fourth-order valence-corrected chi connectivity index (χ4v) is 5.84. The second kappa shape index (κ2) is 22.8. The van der Waals surface area contributed by atoms with E-state index in [9.17, 15) is 33.6 Å². The van der Waals surface area contributed by atoms with Crippen LogP contribution in [0.2, 0.25) is 0 Å². The van der Waals surface area contributed by atoms with E-state index in [1.807, 2.05) is 0 Å². The zero-order chi connectivity index (χ0) is 34.9. The number of nitrogens with two attached hydrogens (primary N) is 4. The summed E-state index contributed by atoms with van der Waals surface area (Å²) in [7, 11) is 1.54. The first-order valence-electron chi connectivity index (χ1n) is 15.2. The van der Waals surface area contributed by atoms with Gasteiger partial charge in [0.1, 0.15) is 17.3 Å². The van der Waals surface area contributed by atoms with Crippen molar-refractivity contribution in [3.8, 4) is 5.75 Å². The molecule has 0 aromatic heterocycles. The number of thioether (sulfide) groups is 1. The summed E-state index contributed by atoms with van der Waals surface area (Å²) in [6.07, 6.45) is 0.110. The predicted molar refractivity (Wildman–Crippen MR) is 173 cm³/mol. The molecule has 2 rings (SSSR count). The molecule has 1 saturated heterocycles. The van der Waals surface area contributed by atoms with Gasteiger partial charge in [0.05, 0.1) is 29.9 Å². The Bertz CT molecular complexity index is 1270. The molecule has 0 aliphatic carbocycles. The first-order chi connectivity index (χ1) is 22.4. The van der Waals surface area contributed by atoms with Crippen molar-refractivity contribution in [1.82, 2.24) is 15.5 Å². The third-order valence-electron chi connectivity index (χ3n) is 7.31. The minimum Gasteiger partial charge on any atom is -0.410 e. The van der Waals surface area contributed by atoms with E-state index in [1.54, 1.807) is 24.3 Å². The molecule has 1 aromatic carbocycles. The Balaban J connectivity index is 0.0000115. The van der Waals surface area contributed by atoms with Gasteiger partial charge in [-0.05, 0) is 37.0 Å². The van der Waals surface area contributed by atoms with Crippen LogP contribution in [0.4, 0.5) is 4.79 Å². The number of likely N-dealkylation sites (tertiary alicyclic amines) is 1. The molecule has 1 radical (unpaired) electrons. The largest absolute Gasteiger partial charge is 0.412 e. The molecule has 16 nitrogen and oxygen atoms in total. The summed E-state index contributed by atoms with van der Waals surface area (Å²) in [5.41, 5.74) is 23.3. The van der Waals surface area contributed by atoms with Crippen molar-refractivity contribution in [3.05, 3.63) is 29.8 Å². The van der Waals surface area contributed by atoms with E-state index in [-0.39, 0.29) is 108 Å². The molecular weight excluding hydrogens is 723 g/mol. The normalized spacial score (nSPS) is 16.0. The van der Waals surface area contributed by atoms with E-state index in [0.29, 0.717) is 19.4 Å². The first-order valence-corrected chi connectivity index (χ1v) is 16.2. The smallest absolute Gasteiger partial charge is 0.410 e. The van der Waals surface area contributed by atoms with Gasteiger partial charge in [-0.2, -0.15) is 0 Å². The summed E-state index contributed by atoms with van der Waals surface area (Å²) in [5.74, 6) is -3.16. The van der Waals surface area contributed by atoms with Gasteiger partial charge in [0.2, 0.25) is 23.6 Å². The average molecular weight is 769 g/mol. The zero-order valence-electron chi connectivity index (χ0n) is 27.0. The number of nitrogens with one attached hydrogen (secondary N) is 2. The van der Waals surface area contributed by atoms with Crippen LogP contribution in [0.25, 0.3) is 0 Å². The van der Waals surface area contributed by atoms with Crippen molar-refractivity contribution in [2.24, 2.45) is 28.9 Å². The number of ketones is 2. The Morgan fingerprint density at radius 3 is 2.35 bits per heavy atom. The summed E-state index contributed by atoms with van der Waals surface area (Å²) in [6, 6.07) is 4.61. The molecular formula is C30H45N7O9SY. The second-order valence-electron chi connectivity index (χ2n) is 11.0. The third kappa shape index (κ3) is 15.2. The number of benzene rings is 1. The maximum Gasteiger partial charge on any atom is 0.412 e. The molecule has 1 fully saturated rings. The molecule has 263 valence electrons. The number of hydrogen-bond acceptors (Lipinski definition) is 13. The van der Waals surface area contributed by atoms with Crippen molar-refractivity contribution in [1.29, 1.82) is 0 Å². The van der Waals surface area contributed by atoms with Crippen LogP contribution in [0.3, 0.4) is 0 Å².